The SMILES string of the molecule is Cc1cc(CSc2ncccc2C(=O)Nc2ccccc2OC(F)(F)F)ccn1. The molecule has 0 radical (unpaired) electrons. The first-order valence-corrected chi connectivity index (χ1v) is 9.46. The first kappa shape index (κ1) is 20.7. The first-order valence-electron chi connectivity index (χ1n) is 8.47. The molecular weight excluding hydrogens is 403 g/mol. The number of hydrogen-bond donors (Lipinski definition) is 1. The van der Waals surface area contributed by atoms with Crippen LogP contribution in [0, 0.1) is 6.92 Å². The number of ether oxygens (including phenoxy) is 1. The molecule has 0 fully saturated rings. The summed E-state index contributed by atoms with van der Waals surface area (Å²) in [7, 11) is 0. The van der Waals surface area contributed by atoms with Crippen molar-refractivity contribution in [1.29, 1.82) is 0 Å². The largest absolute Gasteiger partial charge is 0.573 e. The number of aromatic nitrogens is 2. The van der Waals surface area contributed by atoms with Crippen LogP contribution >= 0.6 is 11.8 Å². The van der Waals surface area contributed by atoms with Crippen LogP contribution < -0.4 is 10.1 Å². The Kier molecular flexibility index (Phi) is 6.38. The molecule has 0 unspecified atom stereocenters. The van der Waals surface area contributed by atoms with E-state index in [-0.39, 0.29) is 11.3 Å². The number of hydrogen-bond acceptors (Lipinski definition) is 5. The van der Waals surface area contributed by atoms with Gasteiger partial charge in [0.25, 0.3) is 5.91 Å². The minimum Gasteiger partial charge on any atom is -0.404 e. The average Bonchev–Trinajstić information content (AvgIpc) is 2.67. The standard InChI is InChI=1S/C20H16F3N3O2S/c1-13-11-14(8-10-24-13)12-29-19-15(5-4-9-25-19)18(27)26-16-6-2-3-7-17(16)28-20(21,22)23/h2-11H,12H2,1H3,(H,26,27). The van der Waals surface area contributed by atoms with Gasteiger partial charge in [-0.2, -0.15) is 0 Å². The Balaban J connectivity index is 1.77. The molecule has 2 heterocycles. The molecule has 1 amide bonds. The van der Waals surface area contributed by atoms with Gasteiger partial charge in [-0.3, -0.25) is 9.78 Å². The van der Waals surface area contributed by atoms with Crippen LogP contribution in [0.25, 0.3) is 0 Å². The third-order valence-electron chi connectivity index (χ3n) is 3.71. The Morgan fingerprint density at radius 3 is 2.66 bits per heavy atom. The highest BCUT2D eigenvalue weighted by atomic mass is 32.2. The molecule has 0 saturated heterocycles. The number of benzene rings is 1. The number of rotatable bonds is 6. The van der Waals surface area contributed by atoms with Gasteiger partial charge < -0.3 is 10.1 Å². The number of para-hydroxylation sites is 2. The minimum atomic E-state index is -4.86. The lowest BCUT2D eigenvalue weighted by Gasteiger charge is -2.14. The highest BCUT2D eigenvalue weighted by molar-refractivity contribution is 7.98. The van der Waals surface area contributed by atoms with Gasteiger partial charge >= 0.3 is 6.36 Å². The molecule has 0 spiro atoms. The summed E-state index contributed by atoms with van der Waals surface area (Å²) in [5.74, 6) is -0.502. The van der Waals surface area contributed by atoms with Crippen LogP contribution in [0.5, 0.6) is 5.75 Å². The normalized spacial score (nSPS) is 11.2. The van der Waals surface area contributed by atoms with E-state index in [4.69, 9.17) is 0 Å². The van der Waals surface area contributed by atoms with Gasteiger partial charge in [0.15, 0.2) is 5.75 Å². The van der Waals surface area contributed by atoms with Crippen LogP contribution in [0.1, 0.15) is 21.6 Å². The zero-order valence-corrected chi connectivity index (χ0v) is 16.1. The number of thioether (sulfide) groups is 1. The van der Waals surface area contributed by atoms with E-state index in [1.807, 2.05) is 19.1 Å². The highest BCUT2D eigenvalue weighted by Gasteiger charge is 2.32. The van der Waals surface area contributed by atoms with E-state index >= 15 is 0 Å². The van der Waals surface area contributed by atoms with Crippen molar-refractivity contribution in [3.05, 3.63) is 77.7 Å². The topological polar surface area (TPSA) is 64.1 Å². The van der Waals surface area contributed by atoms with E-state index in [0.717, 1.165) is 17.3 Å². The lowest BCUT2D eigenvalue weighted by atomic mass is 10.2. The van der Waals surface area contributed by atoms with Crippen molar-refractivity contribution < 1.29 is 22.7 Å². The molecule has 0 saturated carbocycles. The van der Waals surface area contributed by atoms with Crippen LogP contribution in [0.15, 0.2) is 66.0 Å². The number of nitrogens with one attached hydrogen (secondary N) is 1. The summed E-state index contributed by atoms with van der Waals surface area (Å²) in [5.41, 5.74) is 2.07. The van der Waals surface area contributed by atoms with E-state index in [1.165, 1.54) is 30.0 Å². The van der Waals surface area contributed by atoms with Gasteiger partial charge in [-0.15, -0.1) is 24.9 Å². The lowest BCUT2D eigenvalue weighted by molar-refractivity contribution is -0.274. The molecule has 0 aliphatic rings. The fourth-order valence-electron chi connectivity index (χ4n) is 2.50. The maximum absolute atomic E-state index is 12.7. The molecule has 2 aromatic heterocycles. The molecule has 5 nitrogen and oxygen atoms in total. The maximum Gasteiger partial charge on any atom is 0.573 e. The molecule has 3 rings (SSSR count). The van der Waals surface area contributed by atoms with Gasteiger partial charge in [0.05, 0.1) is 11.3 Å². The van der Waals surface area contributed by atoms with Crippen LogP contribution in [0.4, 0.5) is 18.9 Å². The Bertz CT molecular complexity index is 1010. The van der Waals surface area contributed by atoms with Gasteiger partial charge in [0.2, 0.25) is 0 Å². The van der Waals surface area contributed by atoms with Crippen molar-refractivity contribution in [3.63, 3.8) is 0 Å². The molecule has 9 heteroatoms. The van der Waals surface area contributed by atoms with E-state index in [9.17, 15) is 18.0 Å². The fraction of sp³-hybridized carbons (Fsp3) is 0.150. The number of carbonyl (C=O) groups is 1. The second-order valence-corrected chi connectivity index (χ2v) is 6.91. The summed E-state index contributed by atoms with van der Waals surface area (Å²) < 4.78 is 41.7. The molecule has 1 aromatic carbocycles. The third kappa shape index (κ3) is 5.95. The quantitative estimate of drug-likeness (QED) is 0.555. The second kappa shape index (κ2) is 8.95. The van der Waals surface area contributed by atoms with E-state index in [0.29, 0.717) is 10.8 Å². The van der Waals surface area contributed by atoms with E-state index in [1.54, 1.807) is 24.5 Å². The van der Waals surface area contributed by atoms with Gasteiger partial charge in [0.1, 0.15) is 5.03 Å². The van der Waals surface area contributed by atoms with Crippen molar-refractivity contribution in [3.8, 4) is 5.75 Å². The van der Waals surface area contributed by atoms with Gasteiger partial charge in [-0.25, -0.2) is 4.98 Å². The van der Waals surface area contributed by atoms with Gasteiger partial charge in [-0.05, 0) is 48.9 Å². The van der Waals surface area contributed by atoms with Crippen molar-refractivity contribution in [2.24, 2.45) is 0 Å². The molecule has 29 heavy (non-hydrogen) atoms. The zero-order valence-electron chi connectivity index (χ0n) is 15.2. The summed E-state index contributed by atoms with van der Waals surface area (Å²) in [6.07, 6.45) is -1.61. The number of pyridine rings is 2. The molecule has 3 aromatic rings. The molecule has 0 aliphatic heterocycles. The van der Waals surface area contributed by atoms with Crippen LogP contribution in [0.3, 0.4) is 0 Å². The smallest absolute Gasteiger partial charge is 0.404 e. The number of alkyl halides is 3. The second-order valence-electron chi connectivity index (χ2n) is 5.95. The van der Waals surface area contributed by atoms with Crippen molar-refractivity contribution >= 4 is 23.4 Å². The van der Waals surface area contributed by atoms with Crippen molar-refractivity contribution in [2.75, 3.05) is 5.32 Å². The van der Waals surface area contributed by atoms with Crippen molar-refractivity contribution in [1.82, 2.24) is 9.97 Å². The molecule has 1 N–H and O–H groups in total. The van der Waals surface area contributed by atoms with E-state index < -0.39 is 18.0 Å². The van der Waals surface area contributed by atoms with Crippen LogP contribution in [-0.4, -0.2) is 22.2 Å². The number of amides is 1. The number of aryl methyl sites for hydroxylation is 1. The summed E-state index contributed by atoms with van der Waals surface area (Å²) in [6, 6.07) is 12.3. The Morgan fingerprint density at radius 2 is 1.90 bits per heavy atom. The number of halogens is 3. The maximum atomic E-state index is 12.7. The molecule has 150 valence electrons. The summed E-state index contributed by atoms with van der Waals surface area (Å²) >= 11 is 1.35. The Hall–Kier alpha value is -3.07. The summed E-state index contributed by atoms with van der Waals surface area (Å²) in [6.45, 7) is 1.88. The summed E-state index contributed by atoms with van der Waals surface area (Å²) in [5, 5.41) is 2.94. The average molecular weight is 419 g/mol. The van der Waals surface area contributed by atoms with E-state index in [2.05, 4.69) is 20.0 Å². The lowest BCUT2D eigenvalue weighted by Crippen LogP contribution is -2.20. The number of carbonyl (C=O) groups excluding carboxylic acids is 1. The number of anilines is 1. The van der Waals surface area contributed by atoms with Gasteiger partial charge in [-0.1, -0.05) is 12.1 Å². The highest BCUT2D eigenvalue weighted by Crippen LogP contribution is 2.31. The van der Waals surface area contributed by atoms with Crippen molar-refractivity contribution in [2.45, 2.75) is 24.1 Å². The first-order chi connectivity index (χ1) is 13.8. The van der Waals surface area contributed by atoms with Crippen LogP contribution in [0.2, 0.25) is 0 Å². The summed E-state index contributed by atoms with van der Waals surface area (Å²) in [4.78, 5) is 21.1. The fourth-order valence-corrected chi connectivity index (χ4v) is 3.43. The number of nitrogens with zero attached hydrogens (tertiary/aromatic N) is 2. The molecule has 0 aliphatic carbocycles. The van der Waals surface area contributed by atoms with Crippen LogP contribution in [-0.2, 0) is 5.75 Å². The molecule has 0 bridgehead atoms. The Morgan fingerprint density at radius 1 is 1.10 bits per heavy atom. The predicted molar refractivity (Wildman–Crippen MR) is 104 cm³/mol. The predicted octanol–water partition coefficient (Wildman–Crippen LogP) is 5.23. The molecular formula is C20H16F3N3O2S. The monoisotopic (exact) mass is 419 g/mol. The third-order valence-corrected chi connectivity index (χ3v) is 4.79. The van der Waals surface area contributed by atoms with Gasteiger partial charge in [0, 0.05) is 23.8 Å². The zero-order chi connectivity index (χ0) is 20.9. The molecule has 0 atom stereocenters. The Labute approximate surface area is 169 Å². The minimum absolute atomic E-state index is 0.0839.